The number of nitrogens with one attached hydrogen (secondary N) is 2. The Morgan fingerprint density at radius 3 is 1.12 bits per heavy atom. The average Bonchev–Trinajstić information content (AvgIpc) is 1.69. The summed E-state index contributed by atoms with van der Waals surface area (Å²) in [6.45, 7) is 7.61. The molecule has 38 nitrogen and oxygen atoms in total. The Morgan fingerprint density at radius 2 is 0.726 bits per heavy atom. The van der Waals surface area contributed by atoms with Crippen LogP contribution in [0.2, 0.25) is 0 Å². The molecule has 0 spiro atoms. The molecule has 38 heteroatoms. The monoisotopic (exact) mass is 1380 g/mol. The lowest BCUT2D eigenvalue weighted by molar-refractivity contribution is -0.378. The van der Waals surface area contributed by atoms with Crippen LogP contribution < -0.4 is 16.4 Å². The minimum absolute atomic E-state index is 0.0379. The maximum Gasteiger partial charge on any atom is 0.364 e. The van der Waals surface area contributed by atoms with Gasteiger partial charge in [-0.1, -0.05) is 20.8 Å². The number of ether oxygens (including phenoxy) is 18. The van der Waals surface area contributed by atoms with E-state index in [-0.39, 0.29) is 13.2 Å². The first-order valence-corrected chi connectivity index (χ1v) is 31.6. The molecule has 0 bridgehead atoms. The summed E-state index contributed by atoms with van der Waals surface area (Å²) in [6, 6.07) is -2.89. The Balaban J connectivity index is 0.941. The molecule has 0 aromatic heterocycles. The zero-order chi connectivity index (χ0) is 69.6. The van der Waals surface area contributed by atoms with E-state index in [1.165, 1.54) is 34.6 Å². The van der Waals surface area contributed by atoms with Crippen LogP contribution in [0.15, 0.2) is 0 Å². The topological polar surface area (TPSA) is 547 Å². The van der Waals surface area contributed by atoms with Gasteiger partial charge in [0.1, 0.15) is 122 Å². The average molecular weight is 1380 g/mol. The first-order valence-electron chi connectivity index (χ1n) is 31.6. The SMILES string of the molecule is CC(=O)NC1C(OC2C(C)C(OC3C(CO)OC(OC4C(C)C(OC5C(O)C(C)OC(OC6C(C)C(OC7C(CO)OC(OCCN)C8O[C@@](C)(C(=O)O)OC78)OC(CO)C6O)C5NC(C)=O)OC(CO)C4O)C4O[C@@](C)(C(=O)O)OC34)OC(CO)C2O)OC(C)C(O)C1O. The van der Waals surface area contributed by atoms with Gasteiger partial charge >= 0.3 is 11.9 Å². The van der Waals surface area contributed by atoms with Gasteiger partial charge in [0.15, 0.2) is 44.0 Å². The van der Waals surface area contributed by atoms with E-state index < -0.39 is 283 Å². The summed E-state index contributed by atoms with van der Waals surface area (Å²) in [5, 5.41) is 148. The lowest BCUT2D eigenvalue weighted by atomic mass is 9.90. The molecule has 9 fully saturated rings. The summed E-state index contributed by atoms with van der Waals surface area (Å²) in [7, 11) is 0. The van der Waals surface area contributed by atoms with Gasteiger partial charge in [-0.25, -0.2) is 9.59 Å². The van der Waals surface area contributed by atoms with Crippen LogP contribution in [0.25, 0.3) is 0 Å². The highest BCUT2D eigenvalue weighted by Crippen LogP contribution is 2.46. The van der Waals surface area contributed by atoms with Gasteiger partial charge in [-0.15, -0.1) is 0 Å². The molecule has 9 rings (SSSR count). The predicted octanol–water partition coefficient (Wildman–Crippen LogP) is -8.40. The Labute approximate surface area is 544 Å². The van der Waals surface area contributed by atoms with Crippen LogP contribution in [-0.2, 0) is 104 Å². The van der Waals surface area contributed by atoms with Crippen LogP contribution in [-0.4, -0.2) is 344 Å². The molecular formula is C57H93N3O35. The smallest absolute Gasteiger partial charge is 0.364 e. The molecule has 0 aromatic rings. The Kier molecular flexibility index (Phi) is 25.0. The number of amides is 2. The van der Waals surface area contributed by atoms with E-state index in [4.69, 9.17) is 91.0 Å². The van der Waals surface area contributed by atoms with Crippen LogP contribution in [0.4, 0.5) is 0 Å². The van der Waals surface area contributed by atoms with Crippen LogP contribution >= 0.6 is 0 Å². The number of hydrogen-bond donors (Lipinski definition) is 16. The van der Waals surface area contributed by atoms with E-state index in [0.29, 0.717) is 0 Å². The van der Waals surface area contributed by atoms with Crippen LogP contribution in [0.5, 0.6) is 0 Å². The third kappa shape index (κ3) is 15.5. The van der Waals surface area contributed by atoms with Crippen LogP contribution in [0.3, 0.4) is 0 Å². The maximum atomic E-state index is 13.2. The van der Waals surface area contributed by atoms with Gasteiger partial charge in [0, 0.05) is 52.0 Å². The van der Waals surface area contributed by atoms with E-state index in [1.807, 2.05) is 0 Å². The second kappa shape index (κ2) is 31.3. The fourth-order valence-electron chi connectivity index (χ4n) is 13.5. The van der Waals surface area contributed by atoms with Gasteiger partial charge < -0.3 is 168 Å². The molecule has 17 N–H and O–H groups in total. The summed E-state index contributed by atoms with van der Waals surface area (Å²) >= 11 is 0. The summed E-state index contributed by atoms with van der Waals surface area (Å²) in [6.07, 6.45) is -45.0. The van der Waals surface area contributed by atoms with Crippen molar-refractivity contribution >= 4 is 23.8 Å². The molecule has 35 unspecified atom stereocenters. The molecule has 9 aliphatic heterocycles. The molecule has 9 saturated heterocycles. The van der Waals surface area contributed by atoms with Crippen molar-refractivity contribution in [2.75, 3.05) is 46.2 Å². The number of hydrogen-bond acceptors (Lipinski definition) is 34. The number of aliphatic hydroxyl groups excluding tert-OH is 11. The van der Waals surface area contributed by atoms with Crippen molar-refractivity contribution in [1.82, 2.24) is 10.6 Å². The second-order valence-electron chi connectivity index (χ2n) is 25.6. The largest absolute Gasteiger partial charge is 0.477 e. The summed E-state index contributed by atoms with van der Waals surface area (Å²) < 4.78 is 111. The highest BCUT2D eigenvalue weighted by molar-refractivity contribution is 5.76. The molecule has 9 heterocycles. The van der Waals surface area contributed by atoms with Crippen LogP contribution in [0.1, 0.15) is 62.3 Å². The van der Waals surface area contributed by atoms with E-state index in [1.54, 1.807) is 0 Å². The quantitative estimate of drug-likeness (QED) is 0.0427. The summed E-state index contributed by atoms with van der Waals surface area (Å²) in [5.74, 6) is -12.6. The highest BCUT2D eigenvalue weighted by atomic mass is 16.8. The standard InChI is InChI=1S/C57H93N3O35/c1-17-37(86-50-29(59-22(6)66)36(73)31(68)20(4)79-50)33(70)24(12-61)81-47(17)90-41-28(16-65)85-53(46-44(41)93-57(9,95-46)55(76)77)88-39-19(3)49(83-26(14-63)35(39)72)91-42-30(60-23(7)67)51(80-21(5)32(42)69)87-38-18(2)48(82-25(13-62)34(38)71)89-40-27(15-64)84-52(78-11-10-58)45-43(40)92-56(8,94-45)54(74)75/h17-21,24-53,61-65,68-73H,10-16,58H2,1-9H3,(H,59,66)(H,60,67)(H,74,75)(H,76,77)/t17?,18?,19?,20?,21?,24?,25?,26?,27?,28?,29?,30?,31?,32?,33?,34?,35?,36?,37?,38?,39?,40?,41?,42?,43?,44?,45?,46?,47?,48?,49?,50?,51?,52?,53?,56-,57-/m0/s1. The molecule has 2 amide bonds. The number of carbonyl (C=O) groups excluding carboxylic acids is 2. The number of rotatable bonds is 24. The lowest BCUT2D eigenvalue weighted by Gasteiger charge is -2.51. The van der Waals surface area contributed by atoms with Crippen molar-refractivity contribution in [3.63, 3.8) is 0 Å². The summed E-state index contributed by atoms with van der Waals surface area (Å²) in [4.78, 5) is 50.7. The van der Waals surface area contributed by atoms with Crippen molar-refractivity contribution in [3.8, 4) is 0 Å². The number of carboxylic acids is 2. The number of aliphatic carboxylic acids is 2. The van der Waals surface area contributed by atoms with Gasteiger partial charge in [0.05, 0.1) is 70.2 Å². The lowest BCUT2D eigenvalue weighted by Crippen LogP contribution is -2.68. The van der Waals surface area contributed by atoms with Crippen molar-refractivity contribution < 1.29 is 171 Å². The molecule has 546 valence electrons. The maximum absolute atomic E-state index is 13.2. The minimum Gasteiger partial charge on any atom is -0.477 e. The van der Waals surface area contributed by atoms with Crippen molar-refractivity contribution in [2.24, 2.45) is 23.5 Å². The number of nitrogens with two attached hydrogens (primary N) is 1. The first kappa shape index (κ1) is 75.9. The highest BCUT2D eigenvalue weighted by Gasteiger charge is 2.65. The molecule has 0 aromatic carbocycles. The Morgan fingerprint density at radius 1 is 0.400 bits per heavy atom. The summed E-state index contributed by atoms with van der Waals surface area (Å²) in [5.41, 5.74) is 5.66. The molecule has 0 saturated carbocycles. The minimum atomic E-state index is -2.48. The van der Waals surface area contributed by atoms with Crippen molar-refractivity contribution in [2.45, 2.75) is 270 Å². The van der Waals surface area contributed by atoms with Crippen LogP contribution in [0, 0.1) is 17.8 Å². The van der Waals surface area contributed by atoms with Gasteiger partial charge in [0.25, 0.3) is 11.6 Å². The predicted molar refractivity (Wildman–Crippen MR) is 302 cm³/mol. The fourth-order valence-corrected chi connectivity index (χ4v) is 13.5. The van der Waals surface area contributed by atoms with E-state index in [0.717, 1.165) is 27.7 Å². The molecule has 95 heavy (non-hydrogen) atoms. The molecule has 37 atom stereocenters. The van der Waals surface area contributed by atoms with E-state index in [9.17, 15) is 85.6 Å². The molecular weight excluding hydrogens is 1290 g/mol. The third-order valence-electron chi connectivity index (χ3n) is 18.8. The molecule has 0 aliphatic carbocycles. The second-order valence-corrected chi connectivity index (χ2v) is 25.6. The Bertz CT molecular complexity index is 2580. The van der Waals surface area contributed by atoms with E-state index >= 15 is 0 Å². The van der Waals surface area contributed by atoms with Gasteiger partial charge in [-0.2, -0.15) is 0 Å². The van der Waals surface area contributed by atoms with Gasteiger partial charge in [-0.3, -0.25) is 9.59 Å². The normalized spacial score (nSPS) is 50.1. The third-order valence-corrected chi connectivity index (χ3v) is 18.8. The zero-order valence-corrected chi connectivity index (χ0v) is 53.5. The fraction of sp³-hybridized carbons (Fsp3) is 0.930. The van der Waals surface area contributed by atoms with Gasteiger partial charge in [-0.05, 0) is 13.8 Å². The van der Waals surface area contributed by atoms with E-state index in [2.05, 4.69) is 10.6 Å². The first-order chi connectivity index (χ1) is 44.9. The Hall–Kier alpha value is -3.32. The molecule has 0 radical (unpaired) electrons. The zero-order valence-electron chi connectivity index (χ0n) is 53.5. The number of fused-ring (bicyclic) bond motifs is 2. The van der Waals surface area contributed by atoms with Crippen molar-refractivity contribution in [1.29, 1.82) is 0 Å². The number of aliphatic hydroxyl groups is 11. The number of carbonyl (C=O) groups is 4. The van der Waals surface area contributed by atoms with Crippen molar-refractivity contribution in [3.05, 3.63) is 0 Å². The number of carboxylic acid groups (broad SMARTS) is 2. The molecule has 9 aliphatic rings. The van der Waals surface area contributed by atoms with Gasteiger partial charge in [0.2, 0.25) is 11.8 Å².